The van der Waals surface area contributed by atoms with Crippen LogP contribution in [0.2, 0.25) is 0 Å². The zero-order valence-electron chi connectivity index (χ0n) is 13.4. The summed E-state index contributed by atoms with van der Waals surface area (Å²) in [4.78, 5) is 0. The molecule has 1 atom stereocenters. The van der Waals surface area contributed by atoms with Crippen LogP contribution in [0.15, 0.2) is 36.1 Å². The maximum atomic E-state index is 9.91. The average molecular weight is 290 g/mol. The molecule has 2 aliphatic carbocycles. The molecule has 2 fully saturated rings. The Bertz CT molecular complexity index is 409. The highest BCUT2D eigenvalue weighted by molar-refractivity contribution is 5.33. The van der Waals surface area contributed by atoms with E-state index in [0.29, 0.717) is 5.92 Å². The molecule has 0 radical (unpaired) electrons. The molecule has 0 heterocycles. The highest BCUT2D eigenvalue weighted by Crippen LogP contribution is 2.58. The molecule has 0 aromatic carbocycles. The summed E-state index contributed by atoms with van der Waals surface area (Å²) in [7, 11) is 0. The number of hydrogen-bond acceptors (Lipinski definition) is 2. The Morgan fingerprint density at radius 3 is 2.48 bits per heavy atom. The van der Waals surface area contributed by atoms with E-state index in [0.717, 1.165) is 18.8 Å². The molecule has 2 bridgehead atoms. The van der Waals surface area contributed by atoms with Crippen LogP contribution in [0.4, 0.5) is 0 Å². The van der Waals surface area contributed by atoms with Crippen molar-refractivity contribution in [1.82, 2.24) is 0 Å². The maximum Gasteiger partial charge on any atom is 0.115 e. The largest absolute Gasteiger partial charge is 0.508 e. The summed E-state index contributed by atoms with van der Waals surface area (Å²) < 4.78 is 0. The summed E-state index contributed by atoms with van der Waals surface area (Å²) in [5.41, 5.74) is 1.49. The highest BCUT2D eigenvalue weighted by atomic mass is 16.3. The van der Waals surface area contributed by atoms with Crippen LogP contribution in [0.5, 0.6) is 0 Å². The second-order valence-electron chi connectivity index (χ2n) is 6.69. The van der Waals surface area contributed by atoms with Crippen molar-refractivity contribution in [2.45, 2.75) is 58.3 Å². The molecule has 0 aliphatic heterocycles. The number of rotatable bonds is 6. The van der Waals surface area contributed by atoms with Crippen LogP contribution in [-0.4, -0.2) is 16.8 Å². The molecule has 2 aliphatic rings. The van der Waals surface area contributed by atoms with Crippen LogP contribution in [0.1, 0.15) is 58.3 Å². The molecule has 2 N–H and O–H groups in total. The average Bonchev–Trinajstić information content (AvgIpc) is 2.49. The third kappa shape index (κ3) is 3.26. The zero-order chi connectivity index (χ0) is 15.3. The van der Waals surface area contributed by atoms with Crippen molar-refractivity contribution in [3.05, 3.63) is 36.1 Å². The lowest BCUT2D eigenvalue weighted by Gasteiger charge is -2.53. The van der Waals surface area contributed by atoms with Gasteiger partial charge in [0.2, 0.25) is 0 Å². The third-order valence-electron chi connectivity index (χ3n) is 5.75. The van der Waals surface area contributed by atoms with E-state index in [1.54, 1.807) is 0 Å². The Hall–Kier alpha value is -1.02. The minimum atomic E-state index is 0.210. The number of hydrogen-bond donors (Lipinski definition) is 2. The van der Waals surface area contributed by atoms with Crippen molar-refractivity contribution >= 4 is 0 Å². The van der Waals surface area contributed by atoms with Crippen molar-refractivity contribution < 1.29 is 10.2 Å². The van der Waals surface area contributed by atoms with E-state index in [4.69, 9.17) is 0 Å². The van der Waals surface area contributed by atoms with E-state index in [-0.39, 0.29) is 17.8 Å². The molecule has 0 aromatic rings. The van der Waals surface area contributed by atoms with Gasteiger partial charge in [-0.3, -0.25) is 0 Å². The first-order valence-electron chi connectivity index (χ1n) is 8.48. The molecule has 2 heteroatoms. The smallest absolute Gasteiger partial charge is 0.115 e. The van der Waals surface area contributed by atoms with E-state index < -0.39 is 0 Å². The van der Waals surface area contributed by atoms with Gasteiger partial charge in [-0.25, -0.2) is 0 Å². The lowest BCUT2D eigenvalue weighted by molar-refractivity contribution is 0.0148. The van der Waals surface area contributed by atoms with E-state index >= 15 is 0 Å². The Labute approximate surface area is 129 Å². The van der Waals surface area contributed by atoms with Gasteiger partial charge in [-0.15, -0.1) is 0 Å². The molecule has 2 saturated carbocycles. The van der Waals surface area contributed by atoms with Crippen LogP contribution < -0.4 is 0 Å². The number of allylic oxidation sites excluding steroid dienone is 4. The van der Waals surface area contributed by atoms with Gasteiger partial charge in [-0.1, -0.05) is 38.3 Å². The second-order valence-corrected chi connectivity index (χ2v) is 6.69. The van der Waals surface area contributed by atoms with Crippen LogP contribution in [-0.2, 0) is 0 Å². The van der Waals surface area contributed by atoms with E-state index in [1.807, 2.05) is 6.08 Å². The normalized spacial score (nSPS) is 33.8. The monoisotopic (exact) mass is 290 g/mol. The topological polar surface area (TPSA) is 40.5 Å². The quantitative estimate of drug-likeness (QED) is 0.538. The molecular weight excluding hydrogens is 260 g/mol. The first-order chi connectivity index (χ1) is 10.2. The fourth-order valence-electron chi connectivity index (χ4n) is 4.91. The Morgan fingerprint density at radius 1 is 1.29 bits per heavy atom. The minimum absolute atomic E-state index is 0.210. The molecule has 21 heavy (non-hydrogen) atoms. The highest BCUT2D eigenvalue weighted by Gasteiger charge is 2.48. The van der Waals surface area contributed by atoms with Crippen molar-refractivity contribution in [3.63, 3.8) is 0 Å². The van der Waals surface area contributed by atoms with E-state index in [1.165, 1.54) is 50.2 Å². The second kappa shape index (κ2) is 7.31. The number of fused-ring (bicyclic) bond motifs is 2. The Kier molecular flexibility index (Phi) is 5.69. The molecule has 118 valence electrons. The van der Waals surface area contributed by atoms with Crippen LogP contribution in [0.25, 0.3) is 0 Å². The van der Waals surface area contributed by atoms with Gasteiger partial charge in [-0.05, 0) is 67.6 Å². The standard InChI is InChI=1S/C19H30O2/c1-3-16(14-17(21)4-2)19-11-5-8-15(9-6-12-19)18(19)10-7-13-20/h3-4,14-15,18,20-21H,2,5-13H2,1H3/b16-3+,17-14+. The molecule has 0 aromatic heterocycles. The summed E-state index contributed by atoms with van der Waals surface area (Å²) in [6.45, 7) is 6.03. The Morgan fingerprint density at radius 2 is 1.95 bits per heavy atom. The van der Waals surface area contributed by atoms with E-state index in [9.17, 15) is 10.2 Å². The van der Waals surface area contributed by atoms with Crippen LogP contribution in [0.3, 0.4) is 0 Å². The van der Waals surface area contributed by atoms with Crippen molar-refractivity contribution in [3.8, 4) is 0 Å². The first-order valence-corrected chi connectivity index (χ1v) is 8.48. The summed E-state index contributed by atoms with van der Waals surface area (Å²) >= 11 is 0. The molecule has 1 unspecified atom stereocenters. The predicted octanol–water partition coefficient (Wildman–Crippen LogP) is 4.92. The molecule has 2 rings (SSSR count). The third-order valence-corrected chi connectivity index (χ3v) is 5.75. The van der Waals surface area contributed by atoms with Gasteiger partial charge in [0, 0.05) is 6.61 Å². The van der Waals surface area contributed by atoms with Gasteiger partial charge in [0.15, 0.2) is 0 Å². The lowest BCUT2D eigenvalue weighted by atomic mass is 9.51. The van der Waals surface area contributed by atoms with Crippen molar-refractivity contribution in [2.24, 2.45) is 17.3 Å². The molecule has 0 spiro atoms. The fraction of sp³-hybridized carbons (Fsp3) is 0.684. The fourth-order valence-corrected chi connectivity index (χ4v) is 4.91. The van der Waals surface area contributed by atoms with Gasteiger partial charge in [-0.2, -0.15) is 0 Å². The molecule has 0 saturated heterocycles. The van der Waals surface area contributed by atoms with Gasteiger partial charge in [0.05, 0.1) is 0 Å². The Balaban J connectivity index is 2.34. The zero-order valence-corrected chi connectivity index (χ0v) is 13.4. The van der Waals surface area contributed by atoms with Crippen molar-refractivity contribution in [2.75, 3.05) is 6.61 Å². The van der Waals surface area contributed by atoms with Crippen LogP contribution in [0, 0.1) is 17.3 Å². The SMILES string of the molecule is C=C/C(O)=C\C(=C/C)C12CCCC(CCC1)C2CCCO. The minimum Gasteiger partial charge on any atom is -0.508 e. The van der Waals surface area contributed by atoms with E-state index in [2.05, 4.69) is 19.6 Å². The predicted molar refractivity (Wildman–Crippen MR) is 88.1 cm³/mol. The first kappa shape index (κ1) is 16.4. The van der Waals surface area contributed by atoms with Gasteiger partial charge in [0.25, 0.3) is 0 Å². The maximum absolute atomic E-state index is 9.91. The van der Waals surface area contributed by atoms with Gasteiger partial charge < -0.3 is 10.2 Å². The molecular formula is C19H30O2. The van der Waals surface area contributed by atoms with Crippen LogP contribution >= 0.6 is 0 Å². The molecule has 0 amide bonds. The number of aliphatic hydroxyl groups excluding tert-OH is 2. The number of aliphatic hydroxyl groups is 2. The summed E-state index contributed by atoms with van der Waals surface area (Å²) in [5, 5.41) is 19.2. The summed E-state index contributed by atoms with van der Waals surface area (Å²) in [6.07, 6.45) is 15.3. The van der Waals surface area contributed by atoms with Gasteiger partial charge >= 0.3 is 0 Å². The van der Waals surface area contributed by atoms with Gasteiger partial charge in [0.1, 0.15) is 5.76 Å². The van der Waals surface area contributed by atoms with Crippen molar-refractivity contribution in [1.29, 1.82) is 0 Å². The lowest BCUT2D eigenvalue weighted by Crippen LogP contribution is -2.44. The summed E-state index contributed by atoms with van der Waals surface area (Å²) in [6, 6.07) is 0. The summed E-state index contributed by atoms with van der Waals surface area (Å²) in [5.74, 6) is 1.73. The molecule has 2 nitrogen and oxygen atoms in total.